The Hall–Kier alpha value is -2.64. The van der Waals surface area contributed by atoms with Crippen LogP contribution in [-0.2, 0) is 26.1 Å². The highest BCUT2D eigenvalue weighted by Gasteiger charge is 2.18. The van der Waals surface area contributed by atoms with E-state index in [0.717, 1.165) is 47.6 Å². The third-order valence-corrected chi connectivity index (χ3v) is 4.76. The fourth-order valence-corrected chi connectivity index (χ4v) is 3.38. The van der Waals surface area contributed by atoms with Crippen LogP contribution in [0.25, 0.3) is 5.69 Å². The number of amides is 1. The van der Waals surface area contributed by atoms with Gasteiger partial charge in [-0.1, -0.05) is 17.3 Å². The number of rotatable bonds is 5. The minimum absolute atomic E-state index is 0. The first-order valence-corrected chi connectivity index (χ1v) is 8.91. The van der Waals surface area contributed by atoms with Gasteiger partial charge in [0.25, 0.3) is 5.91 Å². The number of benzene rings is 1. The summed E-state index contributed by atoms with van der Waals surface area (Å²) in [6.45, 7) is 1.83. The van der Waals surface area contributed by atoms with E-state index in [-0.39, 0.29) is 18.3 Å². The topological polar surface area (TPSA) is 90.8 Å². The summed E-state index contributed by atoms with van der Waals surface area (Å²) in [4.78, 5) is 12.6. The first-order chi connectivity index (χ1) is 12.7. The third-order valence-electron chi connectivity index (χ3n) is 4.76. The highest BCUT2D eigenvalue weighted by Crippen LogP contribution is 2.20. The summed E-state index contributed by atoms with van der Waals surface area (Å²) in [5.41, 5.74) is 10.2. The molecule has 1 amide bonds. The largest absolute Gasteiger partial charge is 0.351 e. The van der Waals surface area contributed by atoms with Crippen LogP contribution in [-0.4, -0.2) is 25.5 Å². The average molecular weight is 387 g/mol. The number of aromatic nitrogens is 4. The second-order valence-corrected chi connectivity index (χ2v) is 6.54. The van der Waals surface area contributed by atoms with E-state index in [9.17, 15) is 4.79 Å². The van der Waals surface area contributed by atoms with Crippen molar-refractivity contribution in [3.63, 3.8) is 0 Å². The molecule has 1 aliphatic heterocycles. The number of nitrogens with zero attached hydrogens (tertiary/aromatic N) is 4. The molecule has 0 bridgehead atoms. The van der Waals surface area contributed by atoms with Gasteiger partial charge in [0, 0.05) is 31.5 Å². The molecule has 0 unspecified atom stereocenters. The summed E-state index contributed by atoms with van der Waals surface area (Å²) in [6, 6.07) is 9.80. The lowest BCUT2D eigenvalue weighted by molar-refractivity contribution is 0.0949. The maximum absolute atomic E-state index is 12.6. The van der Waals surface area contributed by atoms with Crippen LogP contribution >= 0.6 is 12.4 Å². The van der Waals surface area contributed by atoms with E-state index in [4.69, 9.17) is 5.73 Å². The van der Waals surface area contributed by atoms with E-state index >= 15 is 0 Å². The Bertz CT molecular complexity index is 932. The number of aryl methyl sites for hydroxylation is 1. The number of carbonyl (C=O) groups is 1. The van der Waals surface area contributed by atoms with Crippen molar-refractivity contribution in [1.82, 2.24) is 24.9 Å². The Morgan fingerprint density at radius 2 is 2.15 bits per heavy atom. The number of fused-ring (bicyclic) bond motifs is 1. The normalized spacial score (nSPS) is 12.9. The predicted octanol–water partition coefficient (Wildman–Crippen LogP) is 2.22. The Morgan fingerprint density at radius 1 is 1.26 bits per heavy atom. The smallest absolute Gasteiger partial charge is 0.253 e. The number of hydrogen-bond acceptors (Lipinski definition) is 4. The second-order valence-electron chi connectivity index (χ2n) is 6.54. The monoisotopic (exact) mass is 386 g/mol. The van der Waals surface area contributed by atoms with Gasteiger partial charge in [-0.2, -0.15) is 0 Å². The molecule has 2 aromatic heterocycles. The van der Waals surface area contributed by atoms with Crippen LogP contribution in [0.3, 0.4) is 0 Å². The molecule has 4 rings (SSSR count). The molecule has 0 fully saturated rings. The maximum atomic E-state index is 12.6. The highest BCUT2D eigenvalue weighted by molar-refractivity contribution is 5.95. The first-order valence-electron chi connectivity index (χ1n) is 8.91. The Balaban J connectivity index is 0.00000210. The quantitative estimate of drug-likeness (QED) is 0.703. The number of carbonyl (C=O) groups excluding carboxylic acids is 1. The fourth-order valence-electron chi connectivity index (χ4n) is 3.38. The van der Waals surface area contributed by atoms with Crippen molar-refractivity contribution < 1.29 is 4.79 Å². The van der Waals surface area contributed by atoms with E-state index < -0.39 is 0 Å². The lowest BCUT2D eigenvalue weighted by Gasteiger charge is -2.16. The van der Waals surface area contributed by atoms with Crippen LogP contribution in [0.4, 0.5) is 0 Å². The molecule has 0 radical (unpaired) electrons. The van der Waals surface area contributed by atoms with Crippen molar-refractivity contribution in [1.29, 1.82) is 0 Å². The lowest BCUT2D eigenvalue weighted by atomic mass is 10.1. The van der Waals surface area contributed by atoms with Gasteiger partial charge in [0.05, 0.1) is 23.1 Å². The summed E-state index contributed by atoms with van der Waals surface area (Å²) in [5, 5.41) is 11.1. The Labute approximate surface area is 164 Å². The molecule has 3 heterocycles. The zero-order chi connectivity index (χ0) is 17.9. The molecule has 0 saturated carbocycles. The van der Waals surface area contributed by atoms with Crippen LogP contribution < -0.4 is 11.1 Å². The SMILES string of the molecule is Cl.NCc1cn(-c2cccc(CNC(=O)c3ccn4c3CCCC4)c2)nn1. The molecule has 27 heavy (non-hydrogen) atoms. The minimum atomic E-state index is -0.0165. The molecule has 142 valence electrons. The van der Waals surface area contributed by atoms with E-state index in [1.165, 1.54) is 6.42 Å². The van der Waals surface area contributed by atoms with Gasteiger partial charge in [0.1, 0.15) is 0 Å². The third kappa shape index (κ3) is 4.04. The van der Waals surface area contributed by atoms with E-state index in [1.54, 1.807) is 4.68 Å². The molecule has 3 N–H and O–H groups in total. The summed E-state index contributed by atoms with van der Waals surface area (Å²) < 4.78 is 3.89. The molecule has 0 saturated heterocycles. The number of hydrogen-bond donors (Lipinski definition) is 2. The first kappa shape index (κ1) is 19.1. The van der Waals surface area contributed by atoms with Gasteiger partial charge in [0.2, 0.25) is 0 Å². The molecule has 0 atom stereocenters. The van der Waals surface area contributed by atoms with Gasteiger partial charge >= 0.3 is 0 Å². The Morgan fingerprint density at radius 3 is 2.96 bits per heavy atom. The highest BCUT2D eigenvalue weighted by atomic mass is 35.5. The summed E-state index contributed by atoms with van der Waals surface area (Å²) in [5.74, 6) is -0.0165. The van der Waals surface area contributed by atoms with Crippen molar-refractivity contribution in [2.45, 2.75) is 38.9 Å². The average Bonchev–Trinajstić information content (AvgIpc) is 3.33. The van der Waals surface area contributed by atoms with Gasteiger partial charge in [-0.05, 0) is 43.0 Å². The van der Waals surface area contributed by atoms with E-state index in [0.29, 0.717) is 13.1 Å². The van der Waals surface area contributed by atoms with Gasteiger partial charge in [-0.15, -0.1) is 17.5 Å². The van der Waals surface area contributed by atoms with Crippen LogP contribution in [0.15, 0.2) is 42.7 Å². The van der Waals surface area contributed by atoms with Crippen LogP contribution in [0, 0.1) is 0 Å². The molecular formula is C19H23ClN6O. The van der Waals surface area contributed by atoms with Gasteiger partial charge in [-0.3, -0.25) is 4.79 Å². The molecule has 7 nitrogen and oxygen atoms in total. The minimum Gasteiger partial charge on any atom is -0.351 e. The number of halogens is 1. The molecule has 0 spiro atoms. The summed E-state index contributed by atoms with van der Waals surface area (Å²) in [6.07, 6.45) is 7.13. The molecule has 3 aromatic rings. The zero-order valence-corrected chi connectivity index (χ0v) is 15.8. The zero-order valence-electron chi connectivity index (χ0n) is 15.0. The van der Waals surface area contributed by atoms with Crippen molar-refractivity contribution >= 4 is 18.3 Å². The molecule has 1 aliphatic rings. The number of nitrogens with two attached hydrogens (primary N) is 1. The molecule has 8 heteroatoms. The van der Waals surface area contributed by atoms with Gasteiger partial charge < -0.3 is 15.6 Å². The van der Waals surface area contributed by atoms with Crippen LogP contribution in [0.5, 0.6) is 0 Å². The molecular weight excluding hydrogens is 364 g/mol. The van der Waals surface area contributed by atoms with Crippen molar-refractivity contribution in [3.05, 3.63) is 65.2 Å². The summed E-state index contributed by atoms with van der Waals surface area (Å²) >= 11 is 0. The fraction of sp³-hybridized carbons (Fsp3) is 0.316. The van der Waals surface area contributed by atoms with Gasteiger partial charge in [0.15, 0.2) is 0 Å². The standard InChI is InChI=1S/C19H22N6O.ClH/c20-11-15-13-25(23-22-15)16-5-3-4-14(10-16)12-21-19(26)17-7-9-24-8-2-1-6-18(17)24;/h3-5,7,9-10,13H,1-2,6,8,11-12,20H2,(H,21,26);1H. The number of nitrogens with one attached hydrogen (secondary N) is 1. The van der Waals surface area contributed by atoms with Crippen molar-refractivity contribution in [2.75, 3.05) is 0 Å². The Kier molecular flexibility index (Phi) is 5.93. The van der Waals surface area contributed by atoms with Crippen molar-refractivity contribution in [3.8, 4) is 5.69 Å². The van der Waals surface area contributed by atoms with Crippen LogP contribution in [0.1, 0.15) is 40.2 Å². The van der Waals surface area contributed by atoms with Gasteiger partial charge in [-0.25, -0.2) is 4.68 Å². The van der Waals surface area contributed by atoms with Crippen LogP contribution in [0.2, 0.25) is 0 Å². The van der Waals surface area contributed by atoms with E-state index in [2.05, 4.69) is 20.2 Å². The summed E-state index contributed by atoms with van der Waals surface area (Å²) in [7, 11) is 0. The second kappa shape index (κ2) is 8.37. The lowest BCUT2D eigenvalue weighted by Crippen LogP contribution is -2.24. The molecule has 0 aliphatic carbocycles. The predicted molar refractivity (Wildman–Crippen MR) is 105 cm³/mol. The van der Waals surface area contributed by atoms with E-state index in [1.807, 2.05) is 42.7 Å². The van der Waals surface area contributed by atoms with Crippen molar-refractivity contribution in [2.24, 2.45) is 5.73 Å². The maximum Gasteiger partial charge on any atom is 0.253 e. The molecule has 1 aromatic carbocycles.